The second-order valence-electron chi connectivity index (χ2n) is 6.92. The van der Waals surface area contributed by atoms with Crippen LogP contribution in [0.4, 0.5) is 4.39 Å². The molecule has 6 nitrogen and oxygen atoms in total. The highest BCUT2D eigenvalue weighted by atomic mass is 19.1. The summed E-state index contributed by atoms with van der Waals surface area (Å²) in [5, 5.41) is 2.29. The van der Waals surface area contributed by atoms with Gasteiger partial charge in [0.2, 0.25) is 11.8 Å². The average Bonchev–Trinajstić information content (AvgIpc) is 3.04. The number of carbonyl (C=O) groups is 3. The lowest BCUT2D eigenvalue weighted by Gasteiger charge is -2.29. The van der Waals surface area contributed by atoms with Crippen LogP contribution in [-0.2, 0) is 29.4 Å². The first kappa shape index (κ1) is 18.2. The van der Waals surface area contributed by atoms with E-state index in [1.807, 2.05) is 0 Å². The van der Waals surface area contributed by atoms with Crippen molar-refractivity contribution in [3.63, 3.8) is 0 Å². The minimum atomic E-state index is -0.654. The molecule has 1 N–H and O–H groups in total. The molecular formula is C21H19FN2O4. The summed E-state index contributed by atoms with van der Waals surface area (Å²) in [6.07, 6.45) is 0.538. The first-order chi connectivity index (χ1) is 13.6. The van der Waals surface area contributed by atoms with Crippen LogP contribution in [0.15, 0.2) is 42.5 Å². The Morgan fingerprint density at radius 1 is 1.07 bits per heavy atom. The molecule has 2 aromatic rings. The van der Waals surface area contributed by atoms with E-state index in [4.69, 9.17) is 4.74 Å². The van der Waals surface area contributed by atoms with Crippen LogP contribution in [0.25, 0.3) is 0 Å². The molecule has 2 heterocycles. The van der Waals surface area contributed by atoms with E-state index in [0.29, 0.717) is 23.3 Å². The van der Waals surface area contributed by atoms with E-state index in [1.54, 1.807) is 42.5 Å². The maximum Gasteiger partial charge on any atom is 0.255 e. The molecule has 1 unspecified atom stereocenters. The number of nitrogens with one attached hydrogen (secondary N) is 1. The Labute approximate surface area is 161 Å². The molecule has 0 radical (unpaired) electrons. The van der Waals surface area contributed by atoms with Crippen molar-refractivity contribution in [1.29, 1.82) is 0 Å². The molecule has 28 heavy (non-hydrogen) atoms. The minimum Gasteiger partial charge on any atom is -0.489 e. The fraction of sp³-hybridized carbons (Fsp3) is 0.286. The van der Waals surface area contributed by atoms with Crippen molar-refractivity contribution in [3.8, 4) is 5.75 Å². The van der Waals surface area contributed by atoms with Gasteiger partial charge in [0.15, 0.2) is 0 Å². The fourth-order valence-electron chi connectivity index (χ4n) is 3.58. The van der Waals surface area contributed by atoms with Gasteiger partial charge < -0.3 is 9.64 Å². The van der Waals surface area contributed by atoms with Crippen molar-refractivity contribution in [2.75, 3.05) is 0 Å². The number of piperidine rings is 1. The molecule has 0 aromatic heterocycles. The summed E-state index contributed by atoms with van der Waals surface area (Å²) in [7, 11) is 0. The molecule has 0 saturated carbocycles. The van der Waals surface area contributed by atoms with Gasteiger partial charge in [0.1, 0.15) is 25.1 Å². The number of nitrogens with zero attached hydrogens (tertiary/aromatic N) is 1. The van der Waals surface area contributed by atoms with Gasteiger partial charge >= 0.3 is 0 Å². The first-order valence-electron chi connectivity index (χ1n) is 9.10. The zero-order valence-electron chi connectivity index (χ0n) is 15.1. The molecule has 0 aliphatic carbocycles. The molecule has 2 aliphatic rings. The third kappa shape index (κ3) is 3.35. The lowest BCUT2D eigenvalue weighted by molar-refractivity contribution is -0.136. The molecule has 4 rings (SSSR count). The van der Waals surface area contributed by atoms with Gasteiger partial charge in [-0.1, -0.05) is 30.3 Å². The van der Waals surface area contributed by atoms with Gasteiger partial charge in [0, 0.05) is 17.5 Å². The number of hydrogen-bond acceptors (Lipinski definition) is 4. The Morgan fingerprint density at radius 2 is 1.82 bits per heavy atom. The number of amides is 3. The number of hydrogen-bond donors (Lipinski definition) is 1. The molecule has 0 bridgehead atoms. The fourth-order valence-corrected chi connectivity index (χ4v) is 3.58. The van der Waals surface area contributed by atoms with Gasteiger partial charge in [-0.15, -0.1) is 0 Å². The van der Waals surface area contributed by atoms with E-state index in [1.165, 1.54) is 4.90 Å². The van der Waals surface area contributed by atoms with Crippen molar-refractivity contribution in [1.82, 2.24) is 10.2 Å². The number of fused-ring (bicyclic) bond motifs is 1. The summed E-state index contributed by atoms with van der Waals surface area (Å²) in [5.74, 6) is -0.404. The number of alkyl halides is 1. The van der Waals surface area contributed by atoms with Crippen LogP contribution >= 0.6 is 0 Å². The summed E-state index contributed by atoms with van der Waals surface area (Å²) < 4.78 is 18.5. The monoisotopic (exact) mass is 382 g/mol. The van der Waals surface area contributed by atoms with Crippen LogP contribution in [0, 0.1) is 0 Å². The predicted molar refractivity (Wildman–Crippen MR) is 98.1 cm³/mol. The summed E-state index contributed by atoms with van der Waals surface area (Å²) in [6, 6.07) is 11.6. The maximum absolute atomic E-state index is 12.8. The highest BCUT2D eigenvalue weighted by Gasteiger charge is 2.40. The zero-order chi connectivity index (χ0) is 19.7. The molecule has 1 saturated heterocycles. The van der Waals surface area contributed by atoms with Gasteiger partial charge in [-0.05, 0) is 29.7 Å². The SMILES string of the molecule is O=C1CCC(N2Cc3c(OCc4ccc(CF)cc4)cccc3C2=O)C(=O)N1. The van der Waals surface area contributed by atoms with E-state index in [2.05, 4.69) is 5.32 Å². The Kier molecular flexibility index (Phi) is 4.81. The number of benzene rings is 2. The van der Waals surface area contributed by atoms with Crippen LogP contribution in [0.5, 0.6) is 5.75 Å². The first-order valence-corrected chi connectivity index (χ1v) is 9.10. The molecule has 7 heteroatoms. The standard InChI is InChI=1S/C21H19FN2O4/c22-10-13-4-6-14(7-5-13)12-28-18-3-1-2-15-16(18)11-24(21(15)27)17-8-9-19(25)23-20(17)26/h1-7,17H,8-12H2,(H,23,25,26). The molecule has 0 spiro atoms. The summed E-state index contributed by atoms with van der Waals surface area (Å²) >= 11 is 0. The Hall–Kier alpha value is -3.22. The Bertz CT molecular complexity index is 942. The van der Waals surface area contributed by atoms with Crippen LogP contribution in [0.2, 0.25) is 0 Å². The third-order valence-corrected chi connectivity index (χ3v) is 5.11. The molecule has 2 aromatic carbocycles. The topological polar surface area (TPSA) is 75.7 Å². The number of halogens is 1. The second-order valence-corrected chi connectivity index (χ2v) is 6.92. The highest BCUT2D eigenvalue weighted by Crippen LogP contribution is 2.33. The van der Waals surface area contributed by atoms with Gasteiger partial charge in [-0.2, -0.15) is 0 Å². The number of carbonyl (C=O) groups excluding carboxylic acids is 3. The van der Waals surface area contributed by atoms with Crippen molar-refractivity contribution >= 4 is 17.7 Å². The normalized spacial score (nSPS) is 18.8. The van der Waals surface area contributed by atoms with Gasteiger partial charge in [0.25, 0.3) is 5.91 Å². The second kappa shape index (κ2) is 7.42. The molecular weight excluding hydrogens is 363 g/mol. The van der Waals surface area contributed by atoms with Crippen molar-refractivity contribution in [2.45, 2.75) is 38.7 Å². The van der Waals surface area contributed by atoms with Gasteiger partial charge in [-0.25, -0.2) is 4.39 Å². The molecule has 3 amide bonds. The van der Waals surface area contributed by atoms with Crippen LogP contribution in [0.1, 0.15) is 39.9 Å². The average molecular weight is 382 g/mol. The van der Waals surface area contributed by atoms with E-state index in [0.717, 1.165) is 11.1 Å². The van der Waals surface area contributed by atoms with E-state index < -0.39 is 18.6 Å². The molecule has 1 atom stereocenters. The Balaban J connectivity index is 1.50. The molecule has 144 valence electrons. The van der Waals surface area contributed by atoms with Gasteiger partial charge in [0.05, 0.1) is 6.54 Å². The van der Waals surface area contributed by atoms with Crippen molar-refractivity contribution in [3.05, 3.63) is 64.7 Å². The Morgan fingerprint density at radius 3 is 2.54 bits per heavy atom. The summed E-state index contributed by atoms with van der Waals surface area (Å²) in [5.41, 5.74) is 2.74. The van der Waals surface area contributed by atoms with Crippen LogP contribution in [0.3, 0.4) is 0 Å². The van der Waals surface area contributed by atoms with E-state index in [-0.39, 0.29) is 31.4 Å². The smallest absolute Gasteiger partial charge is 0.255 e. The van der Waals surface area contributed by atoms with E-state index >= 15 is 0 Å². The zero-order valence-corrected chi connectivity index (χ0v) is 15.1. The van der Waals surface area contributed by atoms with Crippen LogP contribution < -0.4 is 10.1 Å². The van der Waals surface area contributed by atoms with E-state index in [9.17, 15) is 18.8 Å². The predicted octanol–water partition coefficient (Wildman–Crippen LogP) is 2.50. The lowest BCUT2D eigenvalue weighted by atomic mass is 10.0. The number of imide groups is 1. The van der Waals surface area contributed by atoms with Gasteiger partial charge in [-0.3, -0.25) is 19.7 Å². The van der Waals surface area contributed by atoms with Crippen molar-refractivity contribution in [2.24, 2.45) is 0 Å². The summed E-state index contributed by atoms with van der Waals surface area (Å²) in [6.45, 7) is 0.0403. The number of ether oxygens (including phenoxy) is 1. The van der Waals surface area contributed by atoms with Crippen molar-refractivity contribution < 1.29 is 23.5 Å². The quantitative estimate of drug-likeness (QED) is 0.807. The highest BCUT2D eigenvalue weighted by molar-refractivity contribution is 6.05. The third-order valence-electron chi connectivity index (χ3n) is 5.11. The largest absolute Gasteiger partial charge is 0.489 e. The molecule has 1 fully saturated rings. The lowest BCUT2D eigenvalue weighted by Crippen LogP contribution is -2.52. The molecule has 2 aliphatic heterocycles. The maximum atomic E-state index is 12.8. The summed E-state index contributed by atoms with van der Waals surface area (Å²) in [4.78, 5) is 37.8. The number of rotatable bonds is 5. The minimum absolute atomic E-state index is 0.217. The van der Waals surface area contributed by atoms with Crippen LogP contribution in [-0.4, -0.2) is 28.7 Å².